The number of anilines is 2. The number of non-ortho nitro benzene ring substituents is 1. The van der Waals surface area contributed by atoms with E-state index < -0.39 is 22.7 Å². The van der Waals surface area contributed by atoms with Gasteiger partial charge in [-0.1, -0.05) is 36.4 Å². The summed E-state index contributed by atoms with van der Waals surface area (Å²) in [5.41, 5.74) is 1.15. The van der Waals surface area contributed by atoms with E-state index in [2.05, 4.69) is 10.6 Å². The van der Waals surface area contributed by atoms with Gasteiger partial charge in [-0.2, -0.15) is 13.2 Å². The molecule has 31 heavy (non-hydrogen) atoms. The molecule has 1 atom stereocenters. The first-order chi connectivity index (χ1) is 14.7. The summed E-state index contributed by atoms with van der Waals surface area (Å²) in [5, 5.41) is 16.6. The smallest absolute Gasteiger partial charge is 0.373 e. The highest BCUT2D eigenvalue weighted by molar-refractivity contribution is 5.98. The zero-order valence-electron chi connectivity index (χ0n) is 15.9. The Bertz CT molecular complexity index is 1180. The van der Waals surface area contributed by atoms with Crippen molar-refractivity contribution in [3.05, 3.63) is 88.0 Å². The number of nitro benzene ring substituents is 1. The van der Waals surface area contributed by atoms with Gasteiger partial charge < -0.3 is 10.6 Å². The van der Waals surface area contributed by atoms with Crippen LogP contribution in [0.5, 0.6) is 0 Å². The average molecular weight is 427 g/mol. The molecule has 0 radical (unpaired) electrons. The number of hydrogen-bond donors (Lipinski definition) is 2. The molecule has 1 aliphatic heterocycles. The highest BCUT2D eigenvalue weighted by Crippen LogP contribution is 2.37. The second kappa shape index (κ2) is 7.75. The molecule has 0 aromatic heterocycles. The molecule has 1 aliphatic rings. The normalized spacial score (nSPS) is 15.1. The Labute approximate surface area is 174 Å². The Morgan fingerprint density at radius 3 is 2.58 bits per heavy atom. The van der Waals surface area contributed by atoms with Gasteiger partial charge in [-0.25, -0.2) is 0 Å². The minimum atomic E-state index is -4.50. The van der Waals surface area contributed by atoms with Crippen LogP contribution in [-0.2, 0) is 17.4 Å². The van der Waals surface area contributed by atoms with Gasteiger partial charge in [0.15, 0.2) is 0 Å². The third-order valence-corrected chi connectivity index (χ3v) is 5.05. The van der Waals surface area contributed by atoms with E-state index >= 15 is 0 Å². The predicted molar refractivity (Wildman–Crippen MR) is 110 cm³/mol. The van der Waals surface area contributed by atoms with Gasteiger partial charge in [0, 0.05) is 29.9 Å². The van der Waals surface area contributed by atoms with Crippen LogP contribution in [0.4, 0.5) is 30.2 Å². The number of alkyl halides is 3. The van der Waals surface area contributed by atoms with Crippen molar-refractivity contribution < 1.29 is 22.9 Å². The summed E-state index contributed by atoms with van der Waals surface area (Å²) in [6.45, 7) is 0. The SMILES string of the molecule is O=C(Nc1cccc(-c2ccccc2C(F)(F)F)c1)C1Cc2ccc([N+](=O)[O-])cc2N1. The van der Waals surface area contributed by atoms with Crippen molar-refractivity contribution >= 4 is 23.0 Å². The molecule has 9 heteroatoms. The first-order valence-electron chi connectivity index (χ1n) is 9.34. The third-order valence-electron chi connectivity index (χ3n) is 5.05. The number of benzene rings is 3. The number of hydrogen-bond acceptors (Lipinski definition) is 4. The van der Waals surface area contributed by atoms with Gasteiger partial charge >= 0.3 is 6.18 Å². The lowest BCUT2D eigenvalue weighted by Gasteiger charge is -2.15. The maximum absolute atomic E-state index is 13.3. The Morgan fingerprint density at radius 1 is 1.06 bits per heavy atom. The summed E-state index contributed by atoms with van der Waals surface area (Å²) in [5.74, 6) is -0.389. The molecule has 0 saturated heterocycles. The average Bonchev–Trinajstić information content (AvgIpc) is 3.17. The number of nitrogens with one attached hydrogen (secondary N) is 2. The zero-order valence-corrected chi connectivity index (χ0v) is 15.9. The number of carbonyl (C=O) groups is 1. The van der Waals surface area contributed by atoms with Crippen LogP contribution < -0.4 is 10.6 Å². The summed E-state index contributed by atoms with van der Waals surface area (Å²) in [6, 6.07) is 15.1. The maximum atomic E-state index is 13.3. The second-order valence-corrected chi connectivity index (χ2v) is 7.11. The molecular weight excluding hydrogens is 411 g/mol. The molecule has 0 aliphatic carbocycles. The molecule has 158 valence electrons. The molecule has 2 N–H and O–H groups in total. The molecule has 4 rings (SSSR count). The van der Waals surface area contributed by atoms with Gasteiger partial charge in [0.05, 0.1) is 10.5 Å². The van der Waals surface area contributed by atoms with Gasteiger partial charge in [0.25, 0.3) is 5.69 Å². The lowest BCUT2D eigenvalue weighted by Crippen LogP contribution is -2.32. The number of nitro groups is 1. The van der Waals surface area contributed by atoms with Crippen molar-refractivity contribution in [2.45, 2.75) is 18.6 Å². The summed E-state index contributed by atoms with van der Waals surface area (Å²) in [7, 11) is 0. The number of nitrogens with zero attached hydrogens (tertiary/aromatic N) is 1. The lowest BCUT2D eigenvalue weighted by molar-refractivity contribution is -0.384. The van der Waals surface area contributed by atoms with E-state index in [0.717, 1.165) is 11.6 Å². The maximum Gasteiger partial charge on any atom is 0.417 e. The summed E-state index contributed by atoms with van der Waals surface area (Å²) < 4.78 is 40.0. The first-order valence-corrected chi connectivity index (χ1v) is 9.34. The van der Waals surface area contributed by atoms with Crippen LogP contribution in [0.1, 0.15) is 11.1 Å². The van der Waals surface area contributed by atoms with Crippen molar-refractivity contribution in [3.63, 3.8) is 0 Å². The van der Waals surface area contributed by atoms with Crippen LogP contribution in [0.3, 0.4) is 0 Å². The number of carbonyl (C=O) groups excluding carboxylic acids is 1. The Balaban J connectivity index is 1.53. The fourth-order valence-electron chi connectivity index (χ4n) is 3.58. The molecule has 1 heterocycles. The Kier molecular flexibility index (Phi) is 5.10. The zero-order chi connectivity index (χ0) is 22.2. The monoisotopic (exact) mass is 427 g/mol. The molecule has 6 nitrogen and oxygen atoms in total. The fraction of sp³-hybridized carbons (Fsp3) is 0.136. The number of halogens is 3. The summed E-state index contributed by atoms with van der Waals surface area (Å²) in [4.78, 5) is 23.1. The highest BCUT2D eigenvalue weighted by atomic mass is 19.4. The standard InChI is InChI=1S/C22H16F3N3O3/c23-22(24,25)18-7-2-1-6-17(18)13-4-3-5-15(10-13)26-21(29)20-11-14-8-9-16(28(30)31)12-19(14)27-20/h1-10,12,20,27H,11H2,(H,26,29). The molecule has 3 aromatic rings. The topological polar surface area (TPSA) is 84.3 Å². The Hall–Kier alpha value is -3.88. The van der Waals surface area contributed by atoms with Crippen molar-refractivity contribution in [2.24, 2.45) is 0 Å². The largest absolute Gasteiger partial charge is 0.417 e. The van der Waals surface area contributed by atoms with Crippen LogP contribution in [0.25, 0.3) is 11.1 Å². The molecule has 1 amide bonds. The van der Waals surface area contributed by atoms with Crippen LogP contribution in [0.2, 0.25) is 0 Å². The number of amides is 1. The number of rotatable bonds is 4. The minimum Gasteiger partial charge on any atom is -0.373 e. The van der Waals surface area contributed by atoms with E-state index in [-0.39, 0.29) is 17.2 Å². The van der Waals surface area contributed by atoms with Crippen molar-refractivity contribution in [1.29, 1.82) is 0 Å². The van der Waals surface area contributed by atoms with Gasteiger partial charge in [-0.15, -0.1) is 0 Å². The summed E-state index contributed by atoms with van der Waals surface area (Å²) >= 11 is 0. The van der Waals surface area contributed by atoms with Crippen LogP contribution in [0, 0.1) is 10.1 Å². The summed E-state index contributed by atoms with van der Waals surface area (Å²) in [6.07, 6.45) is -4.16. The van der Waals surface area contributed by atoms with E-state index in [0.29, 0.717) is 23.4 Å². The highest BCUT2D eigenvalue weighted by Gasteiger charge is 2.33. The van der Waals surface area contributed by atoms with Crippen molar-refractivity contribution in [2.75, 3.05) is 10.6 Å². The van der Waals surface area contributed by atoms with Crippen LogP contribution >= 0.6 is 0 Å². The molecule has 1 unspecified atom stereocenters. The van der Waals surface area contributed by atoms with E-state index in [4.69, 9.17) is 0 Å². The van der Waals surface area contributed by atoms with Crippen molar-refractivity contribution in [3.8, 4) is 11.1 Å². The quantitative estimate of drug-likeness (QED) is 0.440. The Morgan fingerprint density at radius 2 is 1.84 bits per heavy atom. The van der Waals surface area contributed by atoms with Gasteiger partial charge in [-0.3, -0.25) is 14.9 Å². The molecule has 0 bridgehead atoms. The van der Waals surface area contributed by atoms with E-state index in [1.165, 1.54) is 36.4 Å². The van der Waals surface area contributed by atoms with Crippen molar-refractivity contribution in [1.82, 2.24) is 0 Å². The molecule has 3 aromatic carbocycles. The van der Waals surface area contributed by atoms with Crippen LogP contribution in [-0.4, -0.2) is 16.9 Å². The van der Waals surface area contributed by atoms with E-state index in [1.807, 2.05) is 0 Å². The fourth-order valence-corrected chi connectivity index (χ4v) is 3.58. The molecule has 0 saturated carbocycles. The number of fused-ring (bicyclic) bond motifs is 1. The van der Waals surface area contributed by atoms with E-state index in [1.54, 1.807) is 24.3 Å². The molecule has 0 spiro atoms. The predicted octanol–water partition coefficient (Wildman–Crippen LogP) is 5.26. The second-order valence-electron chi connectivity index (χ2n) is 7.11. The first kappa shape index (κ1) is 20.4. The molecular formula is C22H16F3N3O3. The minimum absolute atomic E-state index is 0.0183. The molecule has 0 fully saturated rings. The third kappa shape index (κ3) is 4.20. The van der Waals surface area contributed by atoms with Gasteiger partial charge in [0.2, 0.25) is 5.91 Å². The van der Waals surface area contributed by atoms with Crippen LogP contribution in [0.15, 0.2) is 66.7 Å². The lowest BCUT2D eigenvalue weighted by atomic mass is 9.99. The van der Waals surface area contributed by atoms with Gasteiger partial charge in [0.1, 0.15) is 6.04 Å². The van der Waals surface area contributed by atoms with Gasteiger partial charge in [-0.05, 0) is 34.9 Å². The van der Waals surface area contributed by atoms with E-state index in [9.17, 15) is 28.1 Å².